The largest absolute Gasteiger partial charge is 0.444 e. The SMILES string of the molecule is CC(Nc1ccc(-c2cnco2)cc1)C1CCN(C)CC1. The minimum absolute atomic E-state index is 0.509. The van der Waals surface area contributed by atoms with E-state index in [1.54, 1.807) is 6.20 Å². The summed E-state index contributed by atoms with van der Waals surface area (Å²) in [6, 6.07) is 8.89. The second-order valence-electron chi connectivity index (χ2n) is 6.02. The molecule has 112 valence electrons. The number of anilines is 1. The van der Waals surface area contributed by atoms with Crippen LogP contribution < -0.4 is 5.32 Å². The van der Waals surface area contributed by atoms with Crippen LogP contribution in [0.3, 0.4) is 0 Å². The molecule has 0 amide bonds. The van der Waals surface area contributed by atoms with Gasteiger partial charge in [-0.1, -0.05) is 0 Å². The van der Waals surface area contributed by atoms with Crippen LogP contribution in [0.5, 0.6) is 0 Å². The lowest BCUT2D eigenvalue weighted by Gasteiger charge is -2.33. The molecule has 1 N–H and O–H groups in total. The van der Waals surface area contributed by atoms with Crippen molar-refractivity contribution in [3.8, 4) is 11.3 Å². The molecule has 0 bridgehead atoms. The van der Waals surface area contributed by atoms with E-state index in [0.29, 0.717) is 6.04 Å². The van der Waals surface area contributed by atoms with Crippen LogP contribution in [0, 0.1) is 5.92 Å². The fourth-order valence-corrected chi connectivity index (χ4v) is 3.00. The van der Waals surface area contributed by atoms with E-state index in [4.69, 9.17) is 4.42 Å². The van der Waals surface area contributed by atoms with Gasteiger partial charge in [0.25, 0.3) is 0 Å². The van der Waals surface area contributed by atoms with Crippen LogP contribution in [0.4, 0.5) is 5.69 Å². The lowest BCUT2D eigenvalue weighted by Crippen LogP contribution is -2.37. The number of oxazole rings is 1. The highest BCUT2D eigenvalue weighted by molar-refractivity contribution is 5.60. The molecule has 1 saturated heterocycles. The van der Waals surface area contributed by atoms with E-state index in [-0.39, 0.29) is 0 Å². The molecule has 2 aromatic rings. The Bertz CT molecular complexity index is 542. The third-order valence-corrected chi connectivity index (χ3v) is 4.47. The molecule has 0 saturated carbocycles. The van der Waals surface area contributed by atoms with Crippen molar-refractivity contribution in [2.45, 2.75) is 25.8 Å². The van der Waals surface area contributed by atoms with Gasteiger partial charge in [-0.3, -0.25) is 0 Å². The molecular weight excluding hydrogens is 262 g/mol. The Kier molecular flexibility index (Phi) is 4.25. The van der Waals surface area contributed by atoms with Crippen LogP contribution in [-0.4, -0.2) is 36.1 Å². The van der Waals surface area contributed by atoms with Crippen LogP contribution in [0.1, 0.15) is 19.8 Å². The van der Waals surface area contributed by atoms with Crippen molar-refractivity contribution in [1.29, 1.82) is 0 Å². The smallest absolute Gasteiger partial charge is 0.181 e. The van der Waals surface area contributed by atoms with Gasteiger partial charge in [0.15, 0.2) is 12.2 Å². The first-order valence-corrected chi connectivity index (χ1v) is 7.66. The summed E-state index contributed by atoms with van der Waals surface area (Å²) in [4.78, 5) is 6.36. The zero-order valence-electron chi connectivity index (χ0n) is 12.7. The minimum Gasteiger partial charge on any atom is -0.444 e. The number of likely N-dealkylation sites (tertiary alicyclic amines) is 1. The molecule has 21 heavy (non-hydrogen) atoms. The van der Waals surface area contributed by atoms with Crippen molar-refractivity contribution in [2.75, 3.05) is 25.5 Å². The highest BCUT2D eigenvalue weighted by Gasteiger charge is 2.22. The molecule has 1 aromatic carbocycles. The lowest BCUT2D eigenvalue weighted by molar-refractivity contribution is 0.208. The zero-order chi connectivity index (χ0) is 14.7. The maximum Gasteiger partial charge on any atom is 0.181 e. The molecule has 4 heteroatoms. The summed E-state index contributed by atoms with van der Waals surface area (Å²) in [6.07, 6.45) is 5.76. The molecular formula is C17H23N3O. The highest BCUT2D eigenvalue weighted by Crippen LogP contribution is 2.24. The first-order chi connectivity index (χ1) is 10.2. The van der Waals surface area contributed by atoms with Gasteiger partial charge >= 0.3 is 0 Å². The summed E-state index contributed by atoms with van der Waals surface area (Å²) in [5.41, 5.74) is 2.23. The van der Waals surface area contributed by atoms with Crippen molar-refractivity contribution >= 4 is 5.69 Å². The number of piperidine rings is 1. The van der Waals surface area contributed by atoms with Gasteiger partial charge in [0.05, 0.1) is 6.20 Å². The number of benzene rings is 1. The van der Waals surface area contributed by atoms with Gasteiger partial charge in [-0.2, -0.15) is 0 Å². The first-order valence-electron chi connectivity index (χ1n) is 7.66. The molecule has 3 rings (SSSR count). The predicted molar refractivity (Wildman–Crippen MR) is 85.2 cm³/mol. The standard InChI is InChI=1S/C17H23N3O/c1-13(14-7-9-20(2)10-8-14)19-16-5-3-15(4-6-16)17-11-18-12-21-17/h3-6,11-14,19H,7-10H2,1-2H3. The third-order valence-electron chi connectivity index (χ3n) is 4.47. The number of hydrogen-bond acceptors (Lipinski definition) is 4. The van der Waals surface area contributed by atoms with E-state index in [0.717, 1.165) is 17.2 Å². The maximum absolute atomic E-state index is 5.31. The van der Waals surface area contributed by atoms with Crippen molar-refractivity contribution in [2.24, 2.45) is 5.92 Å². The molecule has 1 aliphatic heterocycles. The van der Waals surface area contributed by atoms with E-state index in [1.165, 1.54) is 38.0 Å². The van der Waals surface area contributed by atoms with Crippen LogP contribution in [-0.2, 0) is 0 Å². The van der Waals surface area contributed by atoms with E-state index in [2.05, 4.69) is 53.4 Å². The fraction of sp³-hybridized carbons (Fsp3) is 0.471. The minimum atomic E-state index is 0.509. The quantitative estimate of drug-likeness (QED) is 0.933. The normalized spacial score (nSPS) is 18.6. The number of nitrogens with zero attached hydrogens (tertiary/aromatic N) is 2. The van der Waals surface area contributed by atoms with Crippen molar-refractivity contribution < 1.29 is 4.42 Å². The topological polar surface area (TPSA) is 41.3 Å². The molecule has 2 heterocycles. The molecule has 1 unspecified atom stereocenters. The molecule has 0 radical (unpaired) electrons. The Balaban J connectivity index is 1.60. The van der Waals surface area contributed by atoms with E-state index < -0.39 is 0 Å². The van der Waals surface area contributed by atoms with E-state index in [1.807, 2.05) is 0 Å². The van der Waals surface area contributed by atoms with Crippen LogP contribution in [0.15, 0.2) is 41.3 Å². The van der Waals surface area contributed by atoms with Gasteiger partial charge in [-0.05, 0) is 70.1 Å². The Hall–Kier alpha value is -1.81. The summed E-state index contributed by atoms with van der Waals surface area (Å²) in [7, 11) is 2.20. The number of nitrogens with one attached hydrogen (secondary N) is 1. The summed E-state index contributed by atoms with van der Waals surface area (Å²) < 4.78 is 5.31. The van der Waals surface area contributed by atoms with Gasteiger partial charge in [0.1, 0.15) is 0 Å². The lowest BCUT2D eigenvalue weighted by atomic mass is 9.90. The summed E-state index contributed by atoms with van der Waals surface area (Å²) in [6.45, 7) is 4.71. The van der Waals surface area contributed by atoms with E-state index >= 15 is 0 Å². The maximum atomic E-state index is 5.31. The van der Waals surface area contributed by atoms with Crippen LogP contribution in [0.25, 0.3) is 11.3 Å². The van der Waals surface area contributed by atoms with Gasteiger partial charge in [-0.25, -0.2) is 4.98 Å². The summed E-state index contributed by atoms with van der Waals surface area (Å²) >= 11 is 0. The molecule has 1 aromatic heterocycles. The molecule has 4 nitrogen and oxygen atoms in total. The molecule has 1 fully saturated rings. The highest BCUT2D eigenvalue weighted by atomic mass is 16.3. The monoisotopic (exact) mass is 285 g/mol. The number of hydrogen-bond donors (Lipinski definition) is 1. The second-order valence-corrected chi connectivity index (χ2v) is 6.02. The van der Waals surface area contributed by atoms with Crippen molar-refractivity contribution in [3.63, 3.8) is 0 Å². The van der Waals surface area contributed by atoms with Crippen LogP contribution >= 0.6 is 0 Å². The Labute approximate surface area is 126 Å². The third kappa shape index (κ3) is 3.45. The fourth-order valence-electron chi connectivity index (χ4n) is 3.00. The van der Waals surface area contributed by atoms with Gasteiger partial charge in [-0.15, -0.1) is 0 Å². The molecule has 1 aliphatic rings. The van der Waals surface area contributed by atoms with Gasteiger partial charge in [0.2, 0.25) is 0 Å². The first kappa shape index (κ1) is 14.1. The van der Waals surface area contributed by atoms with Crippen molar-refractivity contribution in [1.82, 2.24) is 9.88 Å². The Morgan fingerprint density at radius 1 is 1.24 bits per heavy atom. The zero-order valence-corrected chi connectivity index (χ0v) is 12.7. The average Bonchev–Trinajstić information content (AvgIpc) is 3.03. The van der Waals surface area contributed by atoms with Crippen molar-refractivity contribution in [3.05, 3.63) is 36.9 Å². The van der Waals surface area contributed by atoms with Crippen LogP contribution in [0.2, 0.25) is 0 Å². The summed E-state index contributed by atoms with van der Waals surface area (Å²) in [5, 5.41) is 3.63. The van der Waals surface area contributed by atoms with Gasteiger partial charge < -0.3 is 14.6 Å². The predicted octanol–water partition coefficient (Wildman–Crippen LogP) is 3.48. The molecule has 1 atom stereocenters. The summed E-state index contributed by atoms with van der Waals surface area (Å²) in [5.74, 6) is 1.57. The number of rotatable bonds is 4. The van der Waals surface area contributed by atoms with E-state index in [9.17, 15) is 0 Å². The molecule has 0 spiro atoms. The number of aromatic nitrogens is 1. The second kappa shape index (κ2) is 6.31. The Morgan fingerprint density at radius 3 is 2.57 bits per heavy atom. The van der Waals surface area contributed by atoms with Gasteiger partial charge in [0, 0.05) is 17.3 Å². The average molecular weight is 285 g/mol. The molecule has 0 aliphatic carbocycles. The Morgan fingerprint density at radius 2 is 1.95 bits per heavy atom.